The van der Waals surface area contributed by atoms with Crippen molar-refractivity contribution in [2.75, 3.05) is 20.8 Å². The van der Waals surface area contributed by atoms with Crippen molar-refractivity contribution in [3.05, 3.63) is 53.6 Å². The molecular formula is C20H25NO4. The highest BCUT2D eigenvalue weighted by Crippen LogP contribution is 2.29. The van der Waals surface area contributed by atoms with Gasteiger partial charge in [-0.1, -0.05) is 18.2 Å². The Balaban J connectivity index is 1.98. The third-order valence-corrected chi connectivity index (χ3v) is 3.66. The summed E-state index contributed by atoms with van der Waals surface area (Å²) >= 11 is 0. The van der Waals surface area contributed by atoms with E-state index in [1.54, 1.807) is 32.4 Å². The predicted molar refractivity (Wildman–Crippen MR) is 97.8 cm³/mol. The molecule has 0 atom stereocenters. The first-order chi connectivity index (χ1) is 12.0. The molecule has 0 saturated carbocycles. The van der Waals surface area contributed by atoms with Crippen LogP contribution in [0.25, 0.3) is 0 Å². The molecule has 25 heavy (non-hydrogen) atoms. The summed E-state index contributed by atoms with van der Waals surface area (Å²) in [5.41, 5.74) is 1.59. The van der Waals surface area contributed by atoms with Crippen molar-refractivity contribution in [2.24, 2.45) is 0 Å². The molecule has 1 N–H and O–H groups in total. The Morgan fingerprint density at radius 2 is 1.72 bits per heavy atom. The van der Waals surface area contributed by atoms with Crippen molar-refractivity contribution in [2.45, 2.75) is 26.4 Å². The van der Waals surface area contributed by atoms with E-state index in [0.717, 1.165) is 11.3 Å². The van der Waals surface area contributed by atoms with Crippen LogP contribution in [0, 0.1) is 0 Å². The van der Waals surface area contributed by atoms with E-state index in [1.165, 1.54) is 0 Å². The molecule has 0 fully saturated rings. The van der Waals surface area contributed by atoms with Crippen LogP contribution in [0.4, 0.5) is 0 Å². The highest BCUT2D eigenvalue weighted by Gasteiger charge is 2.12. The third-order valence-electron chi connectivity index (χ3n) is 3.66. The molecule has 0 aliphatic heterocycles. The van der Waals surface area contributed by atoms with Gasteiger partial charge >= 0.3 is 0 Å². The summed E-state index contributed by atoms with van der Waals surface area (Å²) in [5, 5.41) is 2.92. The number of methoxy groups -OCH3 is 2. The van der Waals surface area contributed by atoms with Gasteiger partial charge in [-0.05, 0) is 50.1 Å². The summed E-state index contributed by atoms with van der Waals surface area (Å²) in [6.07, 6.45) is 0.732. The van der Waals surface area contributed by atoms with E-state index >= 15 is 0 Å². The summed E-state index contributed by atoms with van der Waals surface area (Å²) in [6, 6.07) is 13.0. The maximum absolute atomic E-state index is 12.4. The molecule has 5 heteroatoms. The molecule has 0 unspecified atom stereocenters. The zero-order chi connectivity index (χ0) is 18.2. The van der Waals surface area contributed by atoms with E-state index in [4.69, 9.17) is 14.2 Å². The summed E-state index contributed by atoms with van der Waals surface area (Å²) in [7, 11) is 3.20. The van der Waals surface area contributed by atoms with Gasteiger partial charge in [-0.25, -0.2) is 0 Å². The molecular weight excluding hydrogens is 318 g/mol. The molecule has 2 rings (SSSR count). The van der Waals surface area contributed by atoms with Gasteiger partial charge in [0.15, 0.2) is 11.5 Å². The molecule has 2 aromatic carbocycles. The van der Waals surface area contributed by atoms with Gasteiger partial charge in [-0.2, -0.15) is 0 Å². The Labute approximate surface area is 148 Å². The van der Waals surface area contributed by atoms with Gasteiger partial charge in [0.05, 0.1) is 20.3 Å². The molecule has 5 nitrogen and oxygen atoms in total. The van der Waals surface area contributed by atoms with Crippen molar-refractivity contribution in [1.29, 1.82) is 0 Å². The van der Waals surface area contributed by atoms with Crippen LogP contribution in [0.5, 0.6) is 17.2 Å². The van der Waals surface area contributed by atoms with Crippen LogP contribution in [-0.4, -0.2) is 32.8 Å². The van der Waals surface area contributed by atoms with Crippen molar-refractivity contribution < 1.29 is 19.0 Å². The first kappa shape index (κ1) is 18.6. The molecule has 2 aromatic rings. The minimum absolute atomic E-state index is 0.0365. The zero-order valence-electron chi connectivity index (χ0n) is 15.2. The Morgan fingerprint density at radius 3 is 2.40 bits per heavy atom. The SMILES string of the molecule is COc1ccccc1CCNC(=O)c1ccc(OC(C)C)c(OC)c1. The Hall–Kier alpha value is -2.69. The molecule has 1 amide bonds. The first-order valence-corrected chi connectivity index (χ1v) is 8.30. The number of carbonyl (C=O) groups excluding carboxylic acids is 1. The monoisotopic (exact) mass is 343 g/mol. The normalized spacial score (nSPS) is 10.4. The standard InChI is InChI=1S/C20H25NO4/c1-14(2)25-18-10-9-16(13-19(18)24-4)20(22)21-12-11-15-7-5-6-8-17(15)23-3/h5-10,13-14H,11-12H2,1-4H3,(H,21,22). The number of hydrogen-bond acceptors (Lipinski definition) is 4. The highest BCUT2D eigenvalue weighted by molar-refractivity contribution is 5.94. The minimum Gasteiger partial charge on any atom is -0.496 e. The van der Waals surface area contributed by atoms with Crippen LogP contribution < -0.4 is 19.5 Å². The van der Waals surface area contributed by atoms with Crippen molar-refractivity contribution in [3.63, 3.8) is 0 Å². The maximum atomic E-state index is 12.4. The Kier molecular flexibility index (Phi) is 6.69. The van der Waals surface area contributed by atoms with Gasteiger partial charge in [0.2, 0.25) is 0 Å². The summed E-state index contributed by atoms with van der Waals surface area (Å²) in [4.78, 5) is 12.4. The second-order valence-electron chi connectivity index (χ2n) is 5.85. The fraction of sp³-hybridized carbons (Fsp3) is 0.350. The number of nitrogens with one attached hydrogen (secondary N) is 1. The van der Waals surface area contributed by atoms with Crippen LogP contribution in [0.3, 0.4) is 0 Å². The van der Waals surface area contributed by atoms with Crippen molar-refractivity contribution in [1.82, 2.24) is 5.32 Å². The van der Waals surface area contributed by atoms with Gasteiger partial charge in [0.1, 0.15) is 5.75 Å². The average Bonchev–Trinajstić information content (AvgIpc) is 2.61. The van der Waals surface area contributed by atoms with E-state index < -0.39 is 0 Å². The van der Waals surface area contributed by atoms with E-state index in [9.17, 15) is 4.79 Å². The average molecular weight is 343 g/mol. The summed E-state index contributed by atoms with van der Waals surface area (Å²) in [6.45, 7) is 4.40. The highest BCUT2D eigenvalue weighted by atomic mass is 16.5. The minimum atomic E-state index is -0.149. The molecule has 0 radical (unpaired) electrons. The maximum Gasteiger partial charge on any atom is 0.251 e. The topological polar surface area (TPSA) is 56.8 Å². The van der Waals surface area contributed by atoms with E-state index in [1.807, 2.05) is 38.1 Å². The van der Waals surface area contributed by atoms with E-state index in [-0.39, 0.29) is 12.0 Å². The summed E-state index contributed by atoms with van der Waals surface area (Å²) < 4.78 is 16.3. The summed E-state index contributed by atoms with van der Waals surface area (Å²) in [5.74, 6) is 1.85. The molecule has 0 saturated heterocycles. The second kappa shape index (κ2) is 8.97. The smallest absolute Gasteiger partial charge is 0.251 e. The van der Waals surface area contributed by atoms with Gasteiger partial charge in [-0.3, -0.25) is 4.79 Å². The quantitative estimate of drug-likeness (QED) is 0.797. The number of hydrogen-bond donors (Lipinski definition) is 1. The van der Waals surface area contributed by atoms with Crippen LogP contribution in [0.15, 0.2) is 42.5 Å². The van der Waals surface area contributed by atoms with Crippen LogP contribution in [-0.2, 0) is 6.42 Å². The molecule has 0 aromatic heterocycles. The Bertz CT molecular complexity index is 713. The number of para-hydroxylation sites is 1. The first-order valence-electron chi connectivity index (χ1n) is 8.30. The van der Waals surface area contributed by atoms with E-state index in [2.05, 4.69) is 5.32 Å². The largest absolute Gasteiger partial charge is 0.496 e. The number of carbonyl (C=O) groups is 1. The number of benzene rings is 2. The van der Waals surface area contributed by atoms with Crippen LogP contribution >= 0.6 is 0 Å². The zero-order valence-corrected chi connectivity index (χ0v) is 15.2. The van der Waals surface area contributed by atoms with E-state index in [0.29, 0.717) is 30.0 Å². The molecule has 0 heterocycles. The van der Waals surface area contributed by atoms with Gasteiger partial charge < -0.3 is 19.5 Å². The fourth-order valence-corrected chi connectivity index (χ4v) is 2.48. The number of amides is 1. The molecule has 0 aliphatic rings. The second-order valence-corrected chi connectivity index (χ2v) is 5.85. The molecule has 0 spiro atoms. The lowest BCUT2D eigenvalue weighted by molar-refractivity contribution is 0.0953. The van der Waals surface area contributed by atoms with Gasteiger partial charge in [0.25, 0.3) is 5.91 Å². The third kappa shape index (κ3) is 5.14. The van der Waals surface area contributed by atoms with Crippen LogP contribution in [0.2, 0.25) is 0 Å². The number of ether oxygens (including phenoxy) is 3. The van der Waals surface area contributed by atoms with Crippen LogP contribution in [0.1, 0.15) is 29.8 Å². The van der Waals surface area contributed by atoms with Crippen molar-refractivity contribution in [3.8, 4) is 17.2 Å². The number of rotatable bonds is 8. The van der Waals surface area contributed by atoms with Gasteiger partial charge in [0, 0.05) is 12.1 Å². The molecule has 0 bridgehead atoms. The molecule has 134 valence electrons. The fourth-order valence-electron chi connectivity index (χ4n) is 2.48. The predicted octanol–water partition coefficient (Wildman–Crippen LogP) is 3.46. The van der Waals surface area contributed by atoms with Gasteiger partial charge in [-0.15, -0.1) is 0 Å². The molecule has 0 aliphatic carbocycles. The lowest BCUT2D eigenvalue weighted by atomic mass is 10.1. The lowest BCUT2D eigenvalue weighted by Gasteiger charge is -2.14. The Morgan fingerprint density at radius 1 is 1.00 bits per heavy atom. The van der Waals surface area contributed by atoms with Crippen molar-refractivity contribution >= 4 is 5.91 Å². The lowest BCUT2D eigenvalue weighted by Crippen LogP contribution is -2.25.